The lowest BCUT2D eigenvalue weighted by molar-refractivity contribution is -0.140. The number of likely N-dealkylation sites (tertiary alicyclic amines) is 1. The number of nitrogen functional groups attached to an aromatic ring is 1. The summed E-state index contributed by atoms with van der Waals surface area (Å²) in [5.74, 6) is -2.03. The van der Waals surface area contributed by atoms with Crippen LogP contribution < -0.4 is 11.1 Å². The van der Waals surface area contributed by atoms with Crippen LogP contribution in [0.3, 0.4) is 0 Å². The quantitative estimate of drug-likeness (QED) is 0.308. The maximum atomic E-state index is 13.5. The van der Waals surface area contributed by atoms with Crippen molar-refractivity contribution in [2.45, 2.75) is 31.6 Å². The van der Waals surface area contributed by atoms with E-state index in [1.54, 1.807) is 28.9 Å². The van der Waals surface area contributed by atoms with Gasteiger partial charge in [-0.25, -0.2) is 23.8 Å². The van der Waals surface area contributed by atoms with Crippen molar-refractivity contribution in [3.8, 4) is 11.3 Å². The number of nitrogens with two attached hydrogens (primary N) is 1. The van der Waals surface area contributed by atoms with Crippen molar-refractivity contribution in [1.29, 1.82) is 0 Å². The van der Waals surface area contributed by atoms with Crippen molar-refractivity contribution in [1.82, 2.24) is 30.0 Å². The lowest BCUT2D eigenvalue weighted by Crippen LogP contribution is -2.40. The molecular weight excluding hydrogens is 534 g/mol. The van der Waals surface area contributed by atoms with Crippen molar-refractivity contribution in [2.24, 2.45) is 0 Å². The summed E-state index contributed by atoms with van der Waals surface area (Å²) in [4.78, 5) is 33.7. The number of halogens is 4. The topological polar surface area (TPSA) is 139 Å². The number of carbonyl (C=O) groups excluding carboxylic acids is 1. The van der Waals surface area contributed by atoms with Crippen molar-refractivity contribution in [3.63, 3.8) is 0 Å². The first-order valence-corrected chi connectivity index (χ1v) is 12.2. The first kappa shape index (κ1) is 26.8. The summed E-state index contributed by atoms with van der Waals surface area (Å²) in [6.07, 6.45) is -3.22. The van der Waals surface area contributed by atoms with E-state index >= 15 is 0 Å². The van der Waals surface area contributed by atoms with E-state index in [-0.39, 0.29) is 30.5 Å². The van der Waals surface area contributed by atoms with Gasteiger partial charge in [-0.1, -0.05) is 24.3 Å². The molecule has 1 aliphatic heterocycles. The van der Waals surface area contributed by atoms with Crippen LogP contribution >= 0.6 is 0 Å². The number of aromatic nitrogens is 4. The third-order valence-electron chi connectivity index (χ3n) is 6.75. The smallest absolute Gasteiger partial charge is 0.419 e. The Balaban J connectivity index is 1.36. The van der Waals surface area contributed by atoms with Crippen LogP contribution in [-0.2, 0) is 12.7 Å². The molecule has 5 rings (SSSR count). The molecule has 40 heavy (non-hydrogen) atoms. The summed E-state index contributed by atoms with van der Waals surface area (Å²) in [6.45, 7) is 0.704. The van der Waals surface area contributed by atoms with Gasteiger partial charge in [0.05, 0.1) is 17.0 Å². The summed E-state index contributed by atoms with van der Waals surface area (Å²) < 4.78 is 54.2. The summed E-state index contributed by atoms with van der Waals surface area (Å²) in [5, 5.41) is 17.2. The molecule has 4 aromatic rings. The third-order valence-corrected chi connectivity index (χ3v) is 6.75. The van der Waals surface area contributed by atoms with E-state index in [4.69, 9.17) is 10.8 Å². The minimum absolute atomic E-state index is 0.00533. The number of carboxylic acid groups (broad SMARTS) is 1. The Morgan fingerprint density at radius 3 is 2.58 bits per heavy atom. The van der Waals surface area contributed by atoms with Gasteiger partial charge < -0.3 is 21.1 Å². The van der Waals surface area contributed by atoms with Crippen molar-refractivity contribution < 1.29 is 32.3 Å². The SMILES string of the molecule is Nc1ncnc2c1c(-c1ccc(CNC(=O)c3ccc(F)c(C(F)(F)F)c3)cc1)nn2[C@@H]1CCCN(C(=O)O)C1. The average molecular weight is 558 g/mol. The van der Waals surface area contributed by atoms with Gasteiger partial charge in [0.2, 0.25) is 0 Å². The van der Waals surface area contributed by atoms with Crippen LogP contribution in [-0.4, -0.2) is 54.8 Å². The highest BCUT2D eigenvalue weighted by atomic mass is 19.4. The van der Waals surface area contributed by atoms with Crippen LogP contribution in [0.5, 0.6) is 0 Å². The summed E-state index contributed by atoms with van der Waals surface area (Å²) in [5.41, 5.74) is 6.64. The predicted octanol–water partition coefficient (Wildman–Crippen LogP) is 4.48. The number of carbonyl (C=O) groups is 2. The third kappa shape index (κ3) is 5.24. The molecule has 10 nitrogen and oxygen atoms in total. The lowest BCUT2D eigenvalue weighted by Gasteiger charge is -2.30. The molecule has 2 aromatic heterocycles. The van der Waals surface area contributed by atoms with Gasteiger partial charge >= 0.3 is 12.3 Å². The number of amides is 2. The van der Waals surface area contributed by atoms with Gasteiger partial charge in [-0.2, -0.15) is 18.3 Å². The Morgan fingerprint density at radius 1 is 1.12 bits per heavy atom. The molecule has 14 heteroatoms. The number of piperidine rings is 1. The highest BCUT2D eigenvalue weighted by molar-refractivity contribution is 5.98. The molecule has 0 radical (unpaired) electrons. The molecule has 0 bridgehead atoms. The Hall–Kier alpha value is -4.75. The zero-order chi connectivity index (χ0) is 28.6. The molecule has 0 spiro atoms. The number of benzene rings is 2. The van der Waals surface area contributed by atoms with E-state index in [2.05, 4.69) is 15.3 Å². The number of nitrogens with zero attached hydrogens (tertiary/aromatic N) is 5. The highest BCUT2D eigenvalue weighted by Gasteiger charge is 2.34. The molecule has 1 saturated heterocycles. The Morgan fingerprint density at radius 2 is 1.88 bits per heavy atom. The van der Waals surface area contributed by atoms with Gasteiger partial charge in [0, 0.05) is 30.8 Å². The number of alkyl halides is 3. The molecule has 208 valence electrons. The molecule has 0 unspecified atom stereocenters. The molecule has 0 saturated carbocycles. The second-order valence-electron chi connectivity index (χ2n) is 9.35. The van der Waals surface area contributed by atoms with E-state index in [9.17, 15) is 32.3 Å². The number of hydrogen-bond acceptors (Lipinski definition) is 6. The maximum Gasteiger partial charge on any atom is 0.419 e. The molecular formula is C26H23F4N7O3. The van der Waals surface area contributed by atoms with E-state index in [0.717, 1.165) is 6.07 Å². The number of nitrogens with one attached hydrogen (secondary N) is 1. The van der Waals surface area contributed by atoms with Crippen LogP contribution in [0.2, 0.25) is 0 Å². The fourth-order valence-electron chi connectivity index (χ4n) is 4.73. The summed E-state index contributed by atoms with van der Waals surface area (Å²) in [7, 11) is 0. The summed E-state index contributed by atoms with van der Waals surface area (Å²) in [6, 6.07) is 8.72. The van der Waals surface area contributed by atoms with Gasteiger partial charge in [-0.3, -0.25) is 4.79 Å². The highest BCUT2D eigenvalue weighted by Crippen LogP contribution is 2.34. The molecule has 0 aliphatic carbocycles. The van der Waals surface area contributed by atoms with Crippen LogP contribution in [0.15, 0.2) is 48.8 Å². The minimum Gasteiger partial charge on any atom is -0.465 e. The molecule has 3 heterocycles. The second kappa shape index (κ2) is 10.4. The van der Waals surface area contributed by atoms with Gasteiger partial charge in [-0.15, -0.1) is 0 Å². The molecule has 1 atom stereocenters. The normalized spacial score (nSPS) is 15.8. The Bertz CT molecular complexity index is 1590. The molecule has 1 aliphatic rings. The van der Waals surface area contributed by atoms with Crippen molar-refractivity contribution in [2.75, 3.05) is 18.8 Å². The van der Waals surface area contributed by atoms with Gasteiger partial charge in [0.15, 0.2) is 5.65 Å². The standard InChI is InChI=1S/C26H23F4N7O3/c27-19-8-7-16(10-18(19)26(28,29)30)24(38)32-11-14-3-5-15(6-4-14)21-20-22(31)33-13-34-23(20)37(35-21)17-2-1-9-36(12-17)25(39)40/h3-8,10,13,17H,1-2,9,11-12H2,(H,32,38)(H,39,40)(H2,31,33,34)/t17-/m1/s1. The Labute approximate surface area is 224 Å². The zero-order valence-corrected chi connectivity index (χ0v) is 20.8. The van der Waals surface area contributed by atoms with Crippen molar-refractivity contribution in [3.05, 3.63) is 71.3 Å². The fraction of sp³-hybridized carbons (Fsp3) is 0.269. The average Bonchev–Trinajstić information content (AvgIpc) is 3.33. The summed E-state index contributed by atoms with van der Waals surface area (Å²) >= 11 is 0. The lowest BCUT2D eigenvalue weighted by atomic mass is 10.1. The van der Waals surface area contributed by atoms with Gasteiger partial charge in [0.25, 0.3) is 5.91 Å². The van der Waals surface area contributed by atoms with Crippen LogP contribution in [0.4, 0.5) is 28.2 Å². The molecule has 4 N–H and O–H groups in total. The van der Waals surface area contributed by atoms with Crippen molar-refractivity contribution >= 4 is 28.9 Å². The van der Waals surface area contributed by atoms with Crippen LogP contribution in [0.25, 0.3) is 22.3 Å². The van der Waals surface area contributed by atoms with E-state index in [0.29, 0.717) is 59.4 Å². The number of rotatable bonds is 5. The molecule has 1 fully saturated rings. The monoisotopic (exact) mass is 557 g/mol. The number of hydrogen-bond donors (Lipinski definition) is 3. The second-order valence-corrected chi connectivity index (χ2v) is 9.35. The molecule has 2 aromatic carbocycles. The van der Waals surface area contributed by atoms with E-state index in [1.165, 1.54) is 11.2 Å². The number of fused-ring (bicyclic) bond motifs is 1. The van der Waals surface area contributed by atoms with E-state index in [1.807, 2.05) is 0 Å². The largest absolute Gasteiger partial charge is 0.465 e. The minimum atomic E-state index is -4.92. The van der Waals surface area contributed by atoms with Gasteiger partial charge in [0.1, 0.15) is 23.7 Å². The van der Waals surface area contributed by atoms with Gasteiger partial charge in [-0.05, 0) is 36.6 Å². The first-order valence-electron chi connectivity index (χ1n) is 12.2. The fourth-order valence-corrected chi connectivity index (χ4v) is 4.73. The number of anilines is 1. The van der Waals surface area contributed by atoms with Crippen LogP contribution in [0.1, 0.15) is 40.4 Å². The predicted molar refractivity (Wildman–Crippen MR) is 136 cm³/mol. The first-order chi connectivity index (χ1) is 19.0. The zero-order valence-electron chi connectivity index (χ0n) is 20.8. The maximum absolute atomic E-state index is 13.5. The Kier molecular flexibility index (Phi) is 7.00. The molecule has 2 amide bonds. The van der Waals surface area contributed by atoms with Crippen LogP contribution in [0, 0.1) is 5.82 Å². The van der Waals surface area contributed by atoms with E-state index < -0.39 is 29.6 Å².